The highest BCUT2D eigenvalue weighted by Crippen LogP contribution is 2.33. The van der Waals surface area contributed by atoms with Crippen LogP contribution in [0.15, 0.2) is 35.1 Å². The monoisotopic (exact) mass is 281 g/mol. The Labute approximate surface area is 102 Å². The minimum atomic E-state index is 0.564. The smallest absolute Gasteiger partial charge is 0.301 e. The van der Waals surface area contributed by atoms with Gasteiger partial charge < -0.3 is 15.0 Å². The number of hydrogen-bond acceptors (Lipinski definition) is 3. The van der Waals surface area contributed by atoms with E-state index in [-0.39, 0.29) is 0 Å². The summed E-state index contributed by atoms with van der Waals surface area (Å²) in [7, 11) is 0. The van der Waals surface area contributed by atoms with Crippen molar-refractivity contribution in [2.75, 3.05) is 5.73 Å². The molecule has 0 bridgehead atoms. The quantitative estimate of drug-likeness (QED) is 0.880. The van der Waals surface area contributed by atoms with E-state index in [9.17, 15) is 0 Å². The van der Waals surface area contributed by atoms with Gasteiger partial charge in [0.15, 0.2) is 0 Å². The standard InChI is InChI=1S/C11H12BrN3O/c1-2-15-7-6-14-11(15)16-9-5-3-4-8(13)10(9)12/h3-7H,2,13H2,1H3. The number of rotatable bonds is 3. The van der Waals surface area contributed by atoms with E-state index >= 15 is 0 Å². The van der Waals surface area contributed by atoms with E-state index in [0.717, 1.165) is 11.0 Å². The van der Waals surface area contributed by atoms with Gasteiger partial charge in [0.2, 0.25) is 0 Å². The number of ether oxygens (including phenoxy) is 1. The molecule has 2 N–H and O–H groups in total. The van der Waals surface area contributed by atoms with Gasteiger partial charge >= 0.3 is 6.01 Å². The second kappa shape index (κ2) is 4.57. The van der Waals surface area contributed by atoms with Gasteiger partial charge in [-0.25, -0.2) is 4.98 Å². The molecule has 84 valence electrons. The van der Waals surface area contributed by atoms with E-state index in [1.165, 1.54) is 0 Å². The Balaban J connectivity index is 2.30. The minimum absolute atomic E-state index is 0.564. The van der Waals surface area contributed by atoms with Gasteiger partial charge in [-0.05, 0) is 35.0 Å². The Morgan fingerprint density at radius 1 is 1.50 bits per heavy atom. The van der Waals surface area contributed by atoms with Gasteiger partial charge in [-0.3, -0.25) is 0 Å². The predicted octanol–water partition coefficient (Wildman–Crippen LogP) is 3.04. The van der Waals surface area contributed by atoms with Crippen LogP contribution in [0.25, 0.3) is 0 Å². The van der Waals surface area contributed by atoms with Crippen molar-refractivity contribution < 1.29 is 4.74 Å². The molecule has 0 spiro atoms. The number of aromatic nitrogens is 2. The van der Waals surface area contributed by atoms with Crippen molar-refractivity contribution in [3.63, 3.8) is 0 Å². The van der Waals surface area contributed by atoms with Crippen LogP contribution in [0.2, 0.25) is 0 Å². The summed E-state index contributed by atoms with van der Waals surface area (Å²) in [4.78, 5) is 4.13. The SMILES string of the molecule is CCn1ccnc1Oc1cccc(N)c1Br. The zero-order valence-electron chi connectivity index (χ0n) is 8.85. The first-order chi connectivity index (χ1) is 7.72. The molecule has 1 aromatic heterocycles. The Bertz CT molecular complexity index is 496. The second-order valence-electron chi connectivity index (χ2n) is 3.26. The van der Waals surface area contributed by atoms with Crippen LogP contribution in [-0.4, -0.2) is 9.55 Å². The Morgan fingerprint density at radius 2 is 2.31 bits per heavy atom. The maximum absolute atomic E-state index is 5.77. The van der Waals surface area contributed by atoms with Gasteiger partial charge in [0.1, 0.15) is 5.75 Å². The van der Waals surface area contributed by atoms with Crippen LogP contribution in [0, 0.1) is 0 Å². The third kappa shape index (κ3) is 2.04. The zero-order valence-corrected chi connectivity index (χ0v) is 10.4. The number of nitrogen functional groups attached to an aromatic ring is 1. The van der Waals surface area contributed by atoms with Crippen LogP contribution in [-0.2, 0) is 6.54 Å². The van der Waals surface area contributed by atoms with Gasteiger partial charge in [0, 0.05) is 24.6 Å². The number of anilines is 1. The summed E-state index contributed by atoms with van der Waals surface area (Å²) in [6, 6.07) is 6.06. The molecule has 0 unspecified atom stereocenters. The van der Waals surface area contributed by atoms with Crippen LogP contribution in [0.5, 0.6) is 11.8 Å². The summed E-state index contributed by atoms with van der Waals surface area (Å²) in [6.45, 7) is 2.85. The van der Waals surface area contributed by atoms with E-state index in [1.807, 2.05) is 35.9 Å². The van der Waals surface area contributed by atoms with Crippen molar-refractivity contribution in [2.45, 2.75) is 13.5 Å². The highest BCUT2D eigenvalue weighted by atomic mass is 79.9. The van der Waals surface area contributed by atoms with Crippen LogP contribution in [0.1, 0.15) is 6.92 Å². The number of imidazole rings is 1. The molecule has 0 amide bonds. The van der Waals surface area contributed by atoms with Crippen molar-refractivity contribution in [3.05, 3.63) is 35.1 Å². The summed E-state index contributed by atoms with van der Waals surface area (Å²) in [5, 5.41) is 0. The van der Waals surface area contributed by atoms with Gasteiger partial charge in [-0.15, -0.1) is 0 Å². The number of hydrogen-bond donors (Lipinski definition) is 1. The highest BCUT2D eigenvalue weighted by molar-refractivity contribution is 9.10. The molecule has 5 heteroatoms. The predicted molar refractivity (Wildman–Crippen MR) is 66.5 cm³/mol. The molecule has 2 rings (SSSR count). The molecule has 1 aromatic carbocycles. The highest BCUT2D eigenvalue weighted by Gasteiger charge is 2.08. The Hall–Kier alpha value is -1.49. The van der Waals surface area contributed by atoms with E-state index < -0.39 is 0 Å². The van der Waals surface area contributed by atoms with Gasteiger partial charge in [-0.1, -0.05) is 6.07 Å². The minimum Gasteiger partial charge on any atom is -0.424 e. The second-order valence-corrected chi connectivity index (χ2v) is 4.05. The summed E-state index contributed by atoms with van der Waals surface area (Å²) in [6.07, 6.45) is 3.58. The van der Waals surface area contributed by atoms with Gasteiger partial charge in [0.25, 0.3) is 0 Å². The average Bonchev–Trinajstić information content (AvgIpc) is 2.72. The molecular weight excluding hydrogens is 270 g/mol. The summed E-state index contributed by atoms with van der Waals surface area (Å²) < 4.78 is 8.34. The molecule has 16 heavy (non-hydrogen) atoms. The lowest BCUT2D eigenvalue weighted by Crippen LogP contribution is -1.98. The maximum Gasteiger partial charge on any atom is 0.301 e. The average molecular weight is 282 g/mol. The van der Waals surface area contributed by atoms with Gasteiger partial charge in [-0.2, -0.15) is 0 Å². The third-order valence-electron chi connectivity index (χ3n) is 2.21. The molecule has 2 aromatic rings. The fourth-order valence-corrected chi connectivity index (χ4v) is 1.69. The van der Waals surface area contributed by atoms with E-state index in [1.54, 1.807) is 6.20 Å². The molecule has 0 aliphatic carbocycles. The molecule has 0 saturated carbocycles. The van der Waals surface area contributed by atoms with Crippen molar-refractivity contribution in [3.8, 4) is 11.8 Å². The zero-order chi connectivity index (χ0) is 11.5. The maximum atomic E-state index is 5.77. The molecular formula is C11H12BrN3O. The first-order valence-corrected chi connectivity index (χ1v) is 5.74. The van der Waals surface area contributed by atoms with Crippen molar-refractivity contribution >= 4 is 21.6 Å². The summed E-state index contributed by atoms with van der Waals surface area (Å²) >= 11 is 3.39. The number of aryl methyl sites for hydroxylation is 1. The fourth-order valence-electron chi connectivity index (χ4n) is 1.35. The van der Waals surface area contributed by atoms with E-state index in [4.69, 9.17) is 10.5 Å². The normalized spacial score (nSPS) is 10.4. The molecule has 0 aliphatic heterocycles. The van der Waals surface area contributed by atoms with Crippen molar-refractivity contribution in [2.24, 2.45) is 0 Å². The molecule has 0 saturated heterocycles. The molecule has 0 radical (unpaired) electrons. The van der Waals surface area contributed by atoms with E-state index in [2.05, 4.69) is 20.9 Å². The van der Waals surface area contributed by atoms with Crippen LogP contribution in [0.3, 0.4) is 0 Å². The number of halogens is 1. The number of benzene rings is 1. The lowest BCUT2D eigenvalue weighted by molar-refractivity contribution is 0.413. The number of nitrogens with two attached hydrogens (primary N) is 1. The summed E-state index contributed by atoms with van der Waals surface area (Å²) in [5.74, 6) is 0.668. The van der Waals surface area contributed by atoms with Crippen molar-refractivity contribution in [1.82, 2.24) is 9.55 Å². The molecule has 1 heterocycles. The largest absolute Gasteiger partial charge is 0.424 e. The topological polar surface area (TPSA) is 53.1 Å². The summed E-state index contributed by atoms with van der Waals surface area (Å²) in [5.41, 5.74) is 6.41. The molecule has 4 nitrogen and oxygen atoms in total. The fraction of sp³-hybridized carbons (Fsp3) is 0.182. The van der Waals surface area contributed by atoms with Crippen LogP contribution < -0.4 is 10.5 Å². The number of nitrogens with zero attached hydrogens (tertiary/aromatic N) is 2. The van der Waals surface area contributed by atoms with Crippen LogP contribution in [0.4, 0.5) is 5.69 Å². The molecule has 0 fully saturated rings. The first-order valence-electron chi connectivity index (χ1n) is 4.95. The Morgan fingerprint density at radius 3 is 3.06 bits per heavy atom. The van der Waals surface area contributed by atoms with Crippen LogP contribution >= 0.6 is 15.9 Å². The van der Waals surface area contributed by atoms with Gasteiger partial charge in [0.05, 0.1) is 4.47 Å². The Kier molecular flexibility index (Phi) is 3.14. The van der Waals surface area contributed by atoms with Crippen molar-refractivity contribution in [1.29, 1.82) is 0 Å². The molecule has 0 atom stereocenters. The molecule has 0 aliphatic rings. The third-order valence-corrected chi connectivity index (χ3v) is 3.06. The van der Waals surface area contributed by atoms with E-state index in [0.29, 0.717) is 17.4 Å². The lowest BCUT2D eigenvalue weighted by atomic mass is 10.3. The lowest BCUT2D eigenvalue weighted by Gasteiger charge is -2.09. The first kappa shape index (κ1) is 11.0.